The number of aliphatic imine (C=N–C) groups is 1. The van der Waals surface area contributed by atoms with Crippen LogP contribution < -0.4 is 16.0 Å². The molecule has 0 aliphatic carbocycles. The minimum atomic E-state index is -0.396. The molecule has 0 atom stereocenters. The fourth-order valence-electron chi connectivity index (χ4n) is 1.80. The maximum absolute atomic E-state index is 13.0. The van der Waals surface area contributed by atoms with Crippen LogP contribution in [0.3, 0.4) is 0 Å². The number of hydrogen-bond acceptors (Lipinski definition) is 4. The van der Waals surface area contributed by atoms with E-state index in [1.165, 1.54) is 18.2 Å². The zero-order chi connectivity index (χ0) is 16.7. The number of aryl methyl sites for hydroxylation is 1. The summed E-state index contributed by atoms with van der Waals surface area (Å²) in [6, 6.07) is 5.74. The van der Waals surface area contributed by atoms with Crippen LogP contribution in [-0.4, -0.2) is 30.4 Å². The van der Waals surface area contributed by atoms with Gasteiger partial charge in [-0.15, -0.1) is 35.3 Å². The lowest BCUT2D eigenvalue weighted by molar-refractivity contribution is -0.115. The fourth-order valence-corrected chi connectivity index (χ4v) is 2.53. The molecule has 0 spiro atoms. The van der Waals surface area contributed by atoms with E-state index in [9.17, 15) is 9.18 Å². The molecule has 0 unspecified atom stereocenters. The summed E-state index contributed by atoms with van der Waals surface area (Å²) in [5.41, 5.74) is 0.415. The molecule has 24 heavy (non-hydrogen) atoms. The normalized spacial score (nSPS) is 10.7. The Morgan fingerprint density at radius 2 is 2.17 bits per heavy atom. The van der Waals surface area contributed by atoms with Gasteiger partial charge >= 0.3 is 0 Å². The minimum absolute atomic E-state index is 0. The molecule has 0 aliphatic rings. The lowest BCUT2D eigenvalue weighted by Gasteiger charge is -2.11. The van der Waals surface area contributed by atoms with Crippen LogP contribution in [0.15, 0.2) is 35.5 Å². The summed E-state index contributed by atoms with van der Waals surface area (Å²) in [4.78, 5) is 21.2. The zero-order valence-corrected chi connectivity index (χ0v) is 16.4. The number of hydrogen-bond donors (Lipinski definition) is 3. The Labute approximate surface area is 161 Å². The van der Waals surface area contributed by atoms with Crippen LogP contribution >= 0.6 is 35.3 Å². The first kappa shape index (κ1) is 20.3. The largest absolute Gasteiger partial charge is 0.350 e. The van der Waals surface area contributed by atoms with Crippen molar-refractivity contribution in [1.29, 1.82) is 0 Å². The number of rotatable bonds is 5. The molecule has 3 N–H and O–H groups in total. The molecule has 0 aliphatic heterocycles. The number of nitrogens with one attached hydrogen (secondary N) is 3. The molecule has 1 aromatic carbocycles. The first-order chi connectivity index (χ1) is 11.1. The second-order valence-corrected chi connectivity index (χ2v) is 6.02. The smallest absolute Gasteiger partial charge is 0.243 e. The lowest BCUT2D eigenvalue weighted by Crippen LogP contribution is -2.41. The number of guanidine groups is 1. The Morgan fingerprint density at radius 1 is 1.38 bits per heavy atom. The lowest BCUT2D eigenvalue weighted by atomic mass is 10.3. The average molecular weight is 463 g/mol. The molecule has 0 radical (unpaired) electrons. The summed E-state index contributed by atoms with van der Waals surface area (Å²) in [6.07, 6.45) is 1.81. The summed E-state index contributed by atoms with van der Waals surface area (Å²) in [7, 11) is 1.62. The Bertz CT molecular complexity index is 707. The van der Waals surface area contributed by atoms with Crippen molar-refractivity contribution in [2.24, 2.45) is 4.99 Å². The van der Waals surface area contributed by atoms with Crippen molar-refractivity contribution < 1.29 is 9.18 Å². The number of benzene rings is 1. The van der Waals surface area contributed by atoms with Crippen LogP contribution in [0.25, 0.3) is 0 Å². The van der Waals surface area contributed by atoms with Crippen molar-refractivity contribution in [2.75, 3.05) is 18.9 Å². The predicted octanol–water partition coefficient (Wildman–Crippen LogP) is 2.51. The number of anilines is 1. The van der Waals surface area contributed by atoms with Crippen molar-refractivity contribution in [2.45, 2.75) is 13.5 Å². The van der Waals surface area contributed by atoms with E-state index in [0.29, 0.717) is 18.2 Å². The van der Waals surface area contributed by atoms with Gasteiger partial charge < -0.3 is 16.0 Å². The van der Waals surface area contributed by atoms with E-state index in [1.807, 2.05) is 13.1 Å². The molecule has 1 amide bonds. The van der Waals surface area contributed by atoms with Gasteiger partial charge in [0, 0.05) is 23.8 Å². The molecule has 1 aromatic heterocycles. The van der Waals surface area contributed by atoms with Gasteiger partial charge in [-0.3, -0.25) is 9.79 Å². The van der Waals surface area contributed by atoms with E-state index in [2.05, 4.69) is 25.9 Å². The van der Waals surface area contributed by atoms with Crippen molar-refractivity contribution in [3.63, 3.8) is 0 Å². The standard InChI is InChI=1S/C15H18FN5OS.HI/c1-10-7-18-14(23-10)9-20-15(17-2)19-8-13(22)21-12-5-3-4-11(16)6-12;/h3-7H,8-9H2,1-2H3,(H,21,22)(H2,17,19,20);1H. The topological polar surface area (TPSA) is 78.4 Å². The van der Waals surface area contributed by atoms with Crippen LogP contribution in [0.2, 0.25) is 0 Å². The van der Waals surface area contributed by atoms with Crippen LogP contribution in [-0.2, 0) is 11.3 Å². The number of thiazole rings is 1. The molecule has 0 fully saturated rings. The number of halogens is 2. The highest BCUT2D eigenvalue weighted by atomic mass is 127. The van der Waals surface area contributed by atoms with E-state index in [4.69, 9.17) is 0 Å². The maximum atomic E-state index is 13.0. The molecular weight excluding hydrogens is 444 g/mol. The van der Waals surface area contributed by atoms with E-state index >= 15 is 0 Å². The maximum Gasteiger partial charge on any atom is 0.243 e. The third-order valence-corrected chi connectivity index (χ3v) is 3.74. The van der Waals surface area contributed by atoms with E-state index in [-0.39, 0.29) is 36.4 Å². The molecule has 2 rings (SSSR count). The second kappa shape index (κ2) is 10.2. The Hall–Kier alpha value is -1.75. The molecule has 6 nitrogen and oxygen atoms in total. The molecule has 1 heterocycles. The molecule has 9 heteroatoms. The van der Waals surface area contributed by atoms with Gasteiger partial charge in [0.2, 0.25) is 5.91 Å². The molecule has 2 aromatic rings. The van der Waals surface area contributed by atoms with Crippen LogP contribution in [0.5, 0.6) is 0 Å². The van der Waals surface area contributed by atoms with Gasteiger partial charge in [-0.25, -0.2) is 9.37 Å². The quantitative estimate of drug-likeness (QED) is 0.362. The molecule has 0 saturated carbocycles. The van der Waals surface area contributed by atoms with Crippen LogP contribution in [0.4, 0.5) is 10.1 Å². The Kier molecular flexibility index (Phi) is 8.61. The van der Waals surface area contributed by atoms with Gasteiger partial charge in [0.25, 0.3) is 0 Å². The monoisotopic (exact) mass is 463 g/mol. The number of nitrogens with zero attached hydrogens (tertiary/aromatic N) is 2. The van der Waals surface area contributed by atoms with Crippen LogP contribution in [0.1, 0.15) is 9.88 Å². The summed E-state index contributed by atoms with van der Waals surface area (Å²) < 4.78 is 13.0. The van der Waals surface area contributed by atoms with Crippen molar-refractivity contribution in [3.05, 3.63) is 46.2 Å². The summed E-state index contributed by atoms with van der Waals surface area (Å²) in [5, 5.41) is 9.51. The van der Waals surface area contributed by atoms with E-state index < -0.39 is 5.82 Å². The van der Waals surface area contributed by atoms with Crippen molar-refractivity contribution in [1.82, 2.24) is 15.6 Å². The average Bonchev–Trinajstić information content (AvgIpc) is 2.93. The zero-order valence-electron chi connectivity index (χ0n) is 13.3. The third-order valence-electron chi connectivity index (χ3n) is 2.82. The van der Waals surface area contributed by atoms with E-state index in [0.717, 1.165) is 9.88 Å². The summed E-state index contributed by atoms with van der Waals surface area (Å²) in [6.45, 7) is 2.54. The number of carbonyl (C=O) groups is 1. The second-order valence-electron chi connectivity index (χ2n) is 4.70. The fraction of sp³-hybridized carbons (Fsp3) is 0.267. The highest BCUT2D eigenvalue weighted by Gasteiger charge is 2.06. The first-order valence-corrected chi connectivity index (χ1v) is 7.79. The van der Waals surface area contributed by atoms with Gasteiger partial charge in [-0.1, -0.05) is 6.07 Å². The predicted molar refractivity (Wildman–Crippen MR) is 105 cm³/mol. The van der Waals surface area contributed by atoms with Gasteiger partial charge in [-0.05, 0) is 25.1 Å². The molecule has 130 valence electrons. The minimum Gasteiger partial charge on any atom is -0.350 e. The summed E-state index contributed by atoms with van der Waals surface area (Å²) in [5.74, 6) is -0.192. The van der Waals surface area contributed by atoms with Gasteiger partial charge in [0.15, 0.2) is 5.96 Å². The highest BCUT2D eigenvalue weighted by molar-refractivity contribution is 14.0. The summed E-state index contributed by atoms with van der Waals surface area (Å²) >= 11 is 1.60. The molecule has 0 saturated heterocycles. The van der Waals surface area contributed by atoms with Gasteiger partial charge in [0.1, 0.15) is 10.8 Å². The van der Waals surface area contributed by atoms with Crippen molar-refractivity contribution >= 4 is 52.9 Å². The Morgan fingerprint density at radius 3 is 2.79 bits per heavy atom. The van der Waals surface area contributed by atoms with E-state index in [1.54, 1.807) is 24.5 Å². The van der Waals surface area contributed by atoms with Crippen LogP contribution in [0, 0.1) is 12.7 Å². The Balaban J connectivity index is 0.00000288. The molecule has 0 bridgehead atoms. The van der Waals surface area contributed by atoms with Gasteiger partial charge in [0.05, 0.1) is 13.1 Å². The van der Waals surface area contributed by atoms with Gasteiger partial charge in [-0.2, -0.15) is 0 Å². The first-order valence-electron chi connectivity index (χ1n) is 6.98. The highest BCUT2D eigenvalue weighted by Crippen LogP contribution is 2.10. The number of amides is 1. The third kappa shape index (κ3) is 6.79. The van der Waals surface area contributed by atoms with Crippen molar-refractivity contribution in [3.8, 4) is 0 Å². The number of carbonyl (C=O) groups excluding carboxylic acids is 1. The number of aromatic nitrogens is 1. The SMILES string of the molecule is CN=C(NCC(=O)Nc1cccc(F)c1)NCc1ncc(C)s1.I. The molecular formula is C15H19FIN5OS.